The number of halogens is 1. The highest BCUT2D eigenvalue weighted by molar-refractivity contribution is 5.42. The van der Waals surface area contributed by atoms with Crippen molar-refractivity contribution in [2.75, 3.05) is 0 Å². The fourth-order valence-corrected chi connectivity index (χ4v) is 1.80. The highest BCUT2D eigenvalue weighted by atomic mass is 19.1. The second-order valence-corrected chi connectivity index (χ2v) is 4.36. The molecule has 0 atom stereocenters. The summed E-state index contributed by atoms with van der Waals surface area (Å²) in [6.07, 6.45) is 0. The highest BCUT2D eigenvalue weighted by Crippen LogP contribution is 2.25. The molecule has 0 radical (unpaired) electrons. The lowest BCUT2D eigenvalue weighted by molar-refractivity contribution is 0.396. The number of nitriles is 2. The van der Waals surface area contributed by atoms with E-state index in [0.29, 0.717) is 0 Å². The van der Waals surface area contributed by atoms with Gasteiger partial charge in [-0.05, 0) is 18.2 Å². The molecule has 0 fully saturated rings. The summed E-state index contributed by atoms with van der Waals surface area (Å²) in [5, 5.41) is 17.8. The Kier molecular flexibility index (Phi) is 3.78. The van der Waals surface area contributed by atoms with E-state index in [9.17, 15) is 14.0 Å². The first-order valence-electron chi connectivity index (χ1n) is 5.98. The summed E-state index contributed by atoms with van der Waals surface area (Å²) < 4.78 is 20.7. The van der Waals surface area contributed by atoms with Gasteiger partial charge in [-0.3, -0.25) is 13.9 Å². The molecule has 110 valence electrons. The molecule has 0 bridgehead atoms. The Labute approximate surface area is 123 Å². The molecule has 1 aromatic carbocycles. The highest BCUT2D eigenvalue weighted by Gasteiger charge is 2.18. The molecule has 0 saturated carbocycles. The first-order chi connectivity index (χ1) is 10.4. The van der Waals surface area contributed by atoms with Crippen LogP contribution in [0.5, 0.6) is 11.6 Å². The van der Waals surface area contributed by atoms with Gasteiger partial charge in [-0.1, -0.05) is 0 Å². The Morgan fingerprint density at radius 2 is 1.82 bits per heavy atom. The normalized spacial score (nSPS) is 9.86. The quantitative estimate of drug-likeness (QED) is 0.815. The van der Waals surface area contributed by atoms with Gasteiger partial charge in [0, 0.05) is 14.1 Å². The van der Waals surface area contributed by atoms with E-state index in [1.165, 1.54) is 26.2 Å². The zero-order valence-corrected chi connectivity index (χ0v) is 11.6. The SMILES string of the molecule is Cn1c(Oc2ccc(C#N)cc2F)c(C#N)c(=O)n(C)c1=O. The maximum Gasteiger partial charge on any atom is 0.333 e. The smallest absolute Gasteiger partial charge is 0.333 e. The van der Waals surface area contributed by atoms with Crippen molar-refractivity contribution >= 4 is 0 Å². The Morgan fingerprint density at radius 3 is 2.36 bits per heavy atom. The Balaban J connectivity index is 2.66. The van der Waals surface area contributed by atoms with E-state index in [0.717, 1.165) is 15.2 Å². The molecular formula is C14H9FN4O3. The van der Waals surface area contributed by atoms with Gasteiger partial charge in [-0.2, -0.15) is 10.5 Å². The van der Waals surface area contributed by atoms with Crippen LogP contribution in [0.15, 0.2) is 27.8 Å². The fourth-order valence-electron chi connectivity index (χ4n) is 1.80. The van der Waals surface area contributed by atoms with Gasteiger partial charge >= 0.3 is 5.69 Å². The number of nitrogens with zero attached hydrogens (tertiary/aromatic N) is 4. The number of ether oxygens (including phenoxy) is 1. The standard InChI is InChI=1S/C14H9FN4O3/c1-18-12(20)9(7-17)13(19(2)14(18)21)22-11-4-3-8(6-16)5-10(11)15/h3-5H,1-2H3. The van der Waals surface area contributed by atoms with Crippen molar-refractivity contribution in [2.45, 2.75) is 0 Å². The summed E-state index contributed by atoms with van der Waals surface area (Å²) in [6, 6.07) is 6.84. The van der Waals surface area contributed by atoms with E-state index in [-0.39, 0.29) is 17.2 Å². The van der Waals surface area contributed by atoms with Gasteiger partial charge in [0.25, 0.3) is 5.56 Å². The molecule has 2 rings (SSSR count). The molecule has 0 saturated heterocycles. The number of hydrogen-bond acceptors (Lipinski definition) is 5. The van der Waals surface area contributed by atoms with Crippen molar-refractivity contribution in [3.05, 3.63) is 56.0 Å². The lowest BCUT2D eigenvalue weighted by Gasteiger charge is -2.13. The third-order valence-electron chi connectivity index (χ3n) is 2.99. The summed E-state index contributed by atoms with van der Waals surface area (Å²) in [6.45, 7) is 0. The molecule has 1 heterocycles. The van der Waals surface area contributed by atoms with Gasteiger partial charge in [0.05, 0.1) is 11.6 Å². The second-order valence-electron chi connectivity index (χ2n) is 4.36. The lowest BCUT2D eigenvalue weighted by Crippen LogP contribution is -2.38. The topological polar surface area (TPSA) is 101 Å². The maximum atomic E-state index is 13.8. The van der Waals surface area contributed by atoms with Crippen LogP contribution in [0, 0.1) is 28.5 Å². The van der Waals surface area contributed by atoms with Gasteiger partial charge in [0.1, 0.15) is 6.07 Å². The monoisotopic (exact) mass is 300 g/mol. The van der Waals surface area contributed by atoms with Crippen molar-refractivity contribution in [1.82, 2.24) is 9.13 Å². The number of benzene rings is 1. The molecular weight excluding hydrogens is 291 g/mol. The average Bonchev–Trinajstić information content (AvgIpc) is 2.52. The predicted octanol–water partition coefficient (Wildman–Crippen LogP) is 0.759. The first kappa shape index (κ1) is 15.0. The van der Waals surface area contributed by atoms with E-state index in [1.807, 2.05) is 0 Å². The van der Waals surface area contributed by atoms with Crippen LogP contribution < -0.4 is 16.0 Å². The molecule has 0 aliphatic heterocycles. The Hall–Kier alpha value is -3.39. The van der Waals surface area contributed by atoms with Crippen LogP contribution in [0.25, 0.3) is 0 Å². The maximum absolute atomic E-state index is 13.8. The van der Waals surface area contributed by atoms with Crippen molar-refractivity contribution in [1.29, 1.82) is 10.5 Å². The van der Waals surface area contributed by atoms with Gasteiger partial charge in [-0.15, -0.1) is 0 Å². The molecule has 0 spiro atoms. The van der Waals surface area contributed by atoms with Crippen LogP contribution in [-0.4, -0.2) is 9.13 Å². The number of hydrogen-bond donors (Lipinski definition) is 0. The van der Waals surface area contributed by atoms with Crippen molar-refractivity contribution in [3.63, 3.8) is 0 Å². The summed E-state index contributed by atoms with van der Waals surface area (Å²) >= 11 is 0. The molecule has 0 amide bonds. The minimum absolute atomic E-state index is 0.0863. The molecule has 2 aromatic rings. The summed E-state index contributed by atoms with van der Waals surface area (Å²) in [4.78, 5) is 23.7. The van der Waals surface area contributed by atoms with Crippen LogP contribution in [0.2, 0.25) is 0 Å². The molecule has 7 nitrogen and oxygen atoms in total. The van der Waals surface area contributed by atoms with Crippen LogP contribution in [0.3, 0.4) is 0 Å². The van der Waals surface area contributed by atoms with E-state index in [4.69, 9.17) is 15.3 Å². The molecule has 22 heavy (non-hydrogen) atoms. The van der Waals surface area contributed by atoms with E-state index in [2.05, 4.69) is 0 Å². The minimum Gasteiger partial charge on any atom is -0.436 e. The summed E-state index contributed by atoms with van der Waals surface area (Å²) in [5.74, 6) is -1.52. The number of rotatable bonds is 2. The van der Waals surface area contributed by atoms with Gasteiger partial charge in [0.2, 0.25) is 5.88 Å². The summed E-state index contributed by atoms with van der Waals surface area (Å²) in [5.41, 5.74) is -1.89. The second kappa shape index (κ2) is 5.54. The molecule has 0 aliphatic carbocycles. The van der Waals surface area contributed by atoms with Crippen molar-refractivity contribution in [3.8, 4) is 23.8 Å². The zero-order chi connectivity index (χ0) is 16.4. The van der Waals surface area contributed by atoms with Gasteiger partial charge < -0.3 is 4.74 Å². The summed E-state index contributed by atoms with van der Waals surface area (Å²) in [7, 11) is 2.51. The molecule has 0 unspecified atom stereocenters. The molecule has 0 N–H and O–H groups in total. The molecule has 0 aliphatic rings. The van der Waals surface area contributed by atoms with Crippen LogP contribution >= 0.6 is 0 Å². The van der Waals surface area contributed by atoms with E-state index in [1.54, 1.807) is 12.1 Å². The first-order valence-corrected chi connectivity index (χ1v) is 5.98. The van der Waals surface area contributed by atoms with E-state index >= 15 is 0 Å². The predicted molar refractivity (Wildman–Crippen MR) is 72.8 cm³/mol. The fraction of sp³-hybridized carbons (Fsp3) is 0.143. The Bertz CT molecular complexity index is 960. The van der Waals surface area contributed by atoms with Crippen LogP contribution in [-0.2, 0) is 14.1 Å². The van der Waals surface area contributed by atoms with E-state index < -0.39 is 22.6 Å². The van der Waals surface area contributed by atoms with Crippen molar-refractivity contribution in [2.24, 2.45) is 14.1 Å². The van der Waals surface area contributed by atoms with Gasteiger partial charge in [0.15, 0.2) is 17.1 Å². The van der Waals surface area contributed by atoms with Crippen molar-refractivity contribution < 1.29 is 9.13 Å². The lowest BCUT2D eigenvalue weighted by atomic mass is 10.2. The third kappa shape index (κ3) is 2.34. The largest absolute Gasteiger partial charge is 0.436 e. The molecule has 8 heteroatoms. The average molecular weight is 300 g/mol. The van der Waals surface area contributed by atoms with Gasteiger partial charge in [-0.25, -0.2) is 9.18 Å². The molecule has 1 aromatic heterocycles. The zero-order valence-electron chi connectivity index (χ0n) is 11.6. The van der Waals surface area contributed by atoms with Crippen LogP contribution in [0.4, 0.5) is 4.39 Å². The number of aromatic nitrogens is 2. The third-order valence-corrected chi connectivity index (χ3v) is 2.99. The van der Waals surface area contributed by atoms with Crippen LogP contribution in [0.1, 0.15) is 11.1 Å². The Morgan fingerprint density at radius 1 is 1.14 bits per heavy atom. The minimum atomic E-state index is -0.851.